The summed E-state index contributed by atoms with van der Waals surface area (Å²) >= 11 is 0. The van der Waals surface area contributed by atoms with Gasteiger partial charge in [-0.2, -0.15) is 0 Å². The van der Waals surface area contributed by atoms with E-state index in [4.69, 9.17) is 10.5 Å². The van der Waals surface area contributed by atoms with Crippen molar-refractivity contribution in [2.24, 2.45) is 12.8 Å². The van der Waals surface area contributed by atoms with E-state index < -0.39 is 5.91 Å². The number of rotatable bonds is 5. The van der Waals surface area contributed by atoms with Crippen LogP contribution in [0, 0.1) is 0 Å². The second-order valence-corrected chi connectivity index (χ2v) is 5.93. The van der Waals surface area contributed by atoms with Crippen LogP contribution in [0.2, 0.25) is 0 Å². The Morgan fingerprint density at radius 3 is 2.48 bits per heavy atom. The largest absolute Gasteiger partial charge is 0.497 e. The second kappa shape index (κ2) is 6.81. The molecule has 1 amide bonds. The fourth-order valence-electron chi connectivity index (χ4n) is 3.13. The molecule has 3 rings (SSSR count). The molecule has 0 radical (unpaired) electrons. The van der Waals surface area contributed by atoms with Crippen molar-refractivity contribution in [1.29, 1.82) is 0 Å². The van der Waals surface area contributed by atoms with Gasteiger partial charge in [0.15, 0.2) is 0 Å². The van der Waals surface area contributed by atoms with Gasteiger partial charge in [0.1, 0.15) is 5.75 Å². The summed E-state index contributed by atoms with van der Waals surface area (Å²) < 4.78 is 6.95. The lowest BCUT2D eigenvalue weighted by Gasteiger charge is -2.18. The fourth-order valence-corrected chi connectivity index (χ4v) is 3.13. The van der Waals surface area contributed by atoms with Gasteiger partial charge in [-0.05, 0) is 30.2 Å². The van der Waals surface area contributed by atoms with Crippen molar-refractivity contribution in [2.45, 2.75) is 12.8 Å². The van der Waals surface area contributed by atoms with E-state index in [-0.39, 0.29) is 12.0 Å². The molecule has 0 fully saturated rings. The molecule has 0 spiro atoms. The zero-order valence-corrected chi connectivity index (χ0v) is 14.3. The van der Waals surface area contributed by atoms with E-state index in [1.54, 1.807) is 30.9 Å². The smallest absolute Gasteiger partial charge is 0.258 e. The molecule has 0 bridgehead atoms. The first-order valence-electron chi connectivity index (χ1n) is 8.06. The summed E-state index contributed by atoms with van der Waals surface area (Å²) in [5.41, 5.74) is 7.93. The number of benzene rings is 2. The van der Waals surface area contributed by atoms with E-state index in [1.165, 1.54) is 0 Å². The van der Waals surface area contributed by atoms with Crippen LogP contribution < -0.4 is 16.0 Å². The summed E-state index contributed by atoms with van der Waals surface area (Å²) in [6.07, 6.45) is 0.584. The molecule has 0 unspecified atom stereocenters. The fraction of sp³-hybridized carbons (Fsp3) is 0.200. The van der Waals surface area contributed by atoms with Gasteiger partial charge < -0.3 is 15.0 Å². The number of fused-ring (bicyclic) bond motifs is 1. The SMILES string of the molecule is COc1ccc2c(=O)n(C)c(CCC(N)=O)c(-c3ccccc3)c2c1. The van der Waals surface area contributed by atoms with Crippen molar-refractivity contribution in [3.05, 3.63) is 64.6 Å². The topological polar surface area (TPSA) is 74.3 Å². The van der Waals surface area contributed by atoms with Gasteiger partial charge in [0.05, 0.1) is 7.11 Å². The molecule has 1 aromatic heterocycles. The Balaban J connectivity index is 2.40. The molecule has 0 aliphatic heterocycles. The van der Waals surface area contributed by atoms with E-state index in [0.29, 0.717) is 17.6 Å². The lowest BCUT2D eigenvalue weighted by Crippen LogP contribution is -2.23. The summed E-state index contributed by atoms with van der Waals surface area (Å²) in [6, 6.07) is 15.3. The molecule has 0 atom stereocenters. The van der Waals surface area contributed by atoms with Gasteiger partial charge in [0, 0.05) is 35.5 Å². The summed E-state index contributed by atoms with van der Waals surface area (Å²) in [6.45, 7) is 0. The van der Waals surface area contributed by atoms with Gasteiger partial charge in [0.2, 0.25) is 5.91 Å². The van der Waals surface area contributed by atoms with Crippen molar-refractivity contribution in [2.75, 3.05) is 7.11 Å². The lowest BCUT2D eigenvalue weighted by molar-refractivity contribution is -0.118. The summed E-state index contributed by atoms with van der Waals surface area (Å²) in [7, 11) is 3.33. The zero-order chi connectivity index (χ0) is 18.0. The monoisotopic (exact) mass is 336 g/mol. The Bertz CT molecular complexity index is 991. The lowest BCUT2D eigenvalue weighted by atomic mass is 9.94. The van der Waals surface area contributed by atoms with Crippen molar-refractivity contribution in [3.8, 4) is 16.9 Å². The van der Waals surface area contributed by atoms with Crippen molar-refractivity contribution in [3.63, 3.8) is 0 Å². The van der Waals surface area contributed by atoms with E-state index in [9.17, 15) is 9.59 Å². The quantitative estimate of drug-likeness (QED) is 0.778. The molecule has 2 aromatic carbocycles. The predicted octanol–water partition coefficient (Wildman–Crippen LogP) is 2.63. The number of aromatic nitrogens is 1. The first-order chi connectivity index (χ1) is 12.0. The summed E-state index contributed by atoms with van der Waals surface area (Å²) in [5.74, 6) is 0.288. The zero-order valence-electron chi connectivity index (χ0n) is 14.3. The van der Waals surface area contributed by atoms with Crippen LogP contribution in [0.1, 0.15) is 12.1 Å². The Hall–Kier alpha value is -3.08. The molecule has 5 heteroatoms. The molecule has 0 saturated heterocycles. The van der Waals surface area contributed by atoms with Crippen LogP contribution in [-0.4, -0.2) is 17.6 Å². The third-order valence-corrected chi connectivity index (χ3v) is 4.40. The van der Waals surface area contributed by atoms with Crippen LogP contribution in [0.4, 0.5) is 0 Å². The van der Waals surface area contributed by atoms with Crippen LogP contribution in [-0.2, 0) is 18.3 Å². The Morgan fingerprint density at radius 1 is 1.12 bits per heavy atom. The van der Waals surface area contributed by atoms with Gasteiger partial charge >= 0.3 is 0 Å². The highest BCUT2D eigenvalue weighted by molar-refractivity contribution is 5.98. The average molecular weight is 336 g/mol. The highest BCUT2D eigenvalue weighted by Crippen LogP contribution is 2.33. The highest BCUT2D eigenvalue weighted by Gasteiger charge is 2.17. The predicted molar refractivity (Wildman–Crippen MR) is 98.7 cm³/mol. The third kappa shape index (κ3) is 3.13. The van der Waals surface area contributed by atoms with Crippen molar-refractivity contribution in [1.82, 2.24) is 4.57 Å². The van der Waals surface area contributed by atoms with E-state index >= 15 is 0 Å². The van der Waals surface area contributed by atoms with Crippen LogP contribution >= 0.6 is 0 Å². The van der Waals surface area contributed by atoms with E-state index in [2.05, 4.69) is 0 Å². The number of nitrogens with zero attached hydrogens (tertiary/aromatic N) is 1. The molecular weight excluding hydrogens is 316 g/mol. The number of ether oxygens (including phenoxy) is 1. The van der Waals surface area contributed by atoms with Gasteiger partial charge in [-0.1, -0.05) is 30.3 Å². The van der Waals surface area contributed by atoms with Crippen LogP contribution in [0.25, 0.3) is 21.9 Å². The average Bonchev–Trinajstić information content (AvgIpc) is 2.63. The number of pyridine rings is 1. The first-order valence-corrected chi connectivity index (χ1v) is 8.06. The third-order valence-electron chi connectivity index (χ3n) is 4.40. The minimum atomic E-state index is -0.391. The van der Waals surface area contributed by atoms with Crippen LogP contribution in [0.3, 0.4) is 0 Å². The Labute approximate surface area is 145 Å². The molecule has 128 valence electrons. The second-order valence-electron chi connectivity index (χ2n) is 5.93. The molecule has 0 saturated carbocycles. The number of methoxy groups -OCH3 is 1. The molecule has 25 heavy (non-hydrogen) atoms. The molecule has 1 heterocycles. The number of hydrogen-bond acceptors (Lipinski definition) is 3. The van der Waals surface area contributed by atoms with E-state index in [1.807, 2.05) is 36.4 Å². The van der Waals surface area contributed by atoms with Crippen molar-refractivity contribution < 1.29 is 9.53 Å². The number of nitrogens with two attached hydrogens (primary N) is 1. The molecule has 0 aliphatic carbocycles. The number of carbonyl (C=O) groups is 1. The van der Waals surface area contributed by atoms with Crippen LogP contribution in [0.15, 0.2) is 53.3 Å². The van der Waals surface area contributed by atoms with Crippen LogP contribution in [0.5, 0.6) is 5.75 Å². The molecule has 5 nitrogen and oxygen atoms in total. The van der Waals surface area contributed by atoms with Crippen molar-refractivity contribution >= 4 is 16.7 Å². The summed E-state index contributed by atoms with van der Waals surface area (Å²) in [5, 5.41) is 1.43. The number of carbonyl (C=O) groups excluding carboxylic acids is 1. The van der Waals surface area contributed by atoms with Gasteiger partial charge in [-0.3, -0.25) is 9.59 Å². The molecule has 3 aromatic rings. The number of hydrogen-bond donors (Lipinski definition) is 1. The van der Waals surface area contributed by atoms with Gasteiger partial charge in [0.25, 0.3) is 5.56 Å². The molecule has 2 N–H and O–H groups in total. The number of primary amides is 1. The standard InChI is InChI=1S/C20H20N2O3/c1-22-17(10-11-18(21)23)19(13-6-4-3-5-7-13)16-12-14(25-2)8-9-15(16)20(22)24/h3-9,12H,10-11H2,1-2H3,(H2,21,23). The maximum Gasteiger partial charge on any atom is 0.258 e. The summed E-state index contributed by atoms with van der Waals surface area (Å²) in [4.78, 5) is 24.1. The normalized spacial score (nSPS) is 10.8. The molecular formula is C20H20N2O3. The maximum atomic E-state index is 12.8. The maximum absolute atomic E-state index is 12.8. The Morgan fingerprint density at radius 2 is 1.84 bits per heavy atom. The minimum absolute atomic E-state index is 0.100. The minimum Gasteiger partial charge on any atom is -0.497 e. The number of amides is 1. The van der Waals surface area contributed by atoms with E-state index in [0.717, 1.165) is 22.2 Å². The van der Waals surface area contributed by atoms with Gasteiger partial charge in [-0.15, -0.1) is 0 Å². The highest BCUT2D eigenvalue weighted by atomic mass is 16.5. The molecule has 0 aliphatic rings. The Kier molecular flexibility index (Phi) is 4.57. The first kappa shape index (κ1) is 16.8. The van der Waals surface area contributed by atoms with Gasteiger partial charge in [-0.25, -0.2) is 0 Å².